The standard InChI is InChI=1S/C26H21ClN2O3/c1-16-7-10-19(15-21(16)27)29-25(30)23(18-8-11-20(32-2)12-9-18)24(26(29)31)28-14-13-17-5-3-4-6-22(17)28/h3-12,15H,13-14H2,1-2H3. The number of carbonyl (C=O) groups is 2. The first-order valence-electron chi connectivity index (χ1n) is 10.4. The van der Waals surface area contributed by atoms with Gasteiger partial charge in [-0.05, 0) is 60.4 Å². The number of fused-ring (bicyclic) bond motifs is 1. The Morgan fingerprint density at radius 1 is 0.938 bits per heavy atom. The van der Waals surface area contributed by atoms with E-state index in [1.165, 1.54) is 4.90 Å². The molecule has 0 N–H and O–H groups in total. The molecule has 6 heteroatoms. The van der Waals surface area contributed by atoms with Crippen LogP contribution in [0.4, 0.5) is 11.4 Å². The zero-order valence-electron chi connectivity index (χ0n) is 17.8. The lowest BCUT2D eigenvalue weighted by Crippen LogP contribution is -2.34. The Kier molecular flexibility index (Phi) is 4.98. The summed E-state index contributed by atoms with van der Waals surface area (Å²) in [4.78, 5) is 30.6. The number of hydrogen-bond acceptors (Lipinski definition) is 4. The first-order chi connectivity index (χ1) is 15.5. The second kappa shape index (κ2) is 7.84. The number of carbonyl (C=O) groups excluding carboxylic acids is 2. The molecule has 32 heavy (non-hydrogen) atoms. The minimum atomic E-state index is -0.362. The molecule has 5 rings (SSSR count). The fraction of sp³-hybridized carbons (Fsp3) is 0.154. The second-order valence-electron chi connectivity index (χ2n) is 7.86. The van der Waals surface area contributed by atoms with E-state index in [2.05, 4.69) is 6.07 Å². The average Bonchev–Trinajstić information content (AvgIpc) is 3.34. The molecule has 0 unspecified atom stereocenters. The van der Waals surface area contributed by atoms with E-state index in [4.69, 9.17) is 16.3 Å². The van der Waals surface area contributed by atoms with E-state index in [0.29, 0.717) is 39.8 Å². The van der Waals surface area contributed by atoms with Gasteiger partial charge in [0.05, 0.1) is 18.4 Å². The molecule has 5 nitrogen and oxygen atoms in total. The Hall–Kier alpha value is -3.57. The van der Waals surface area contributed by atoms with Crippen LogP contribution in [-0.2, 0) is 16.0 Å². The lowest BCUT2D eigenvalue weighted by molar-refractivity contribution is -0.120. The van der Waals surface area contributed by atoms with Crippen molar-refractivity contribution in [1.29, 1.82) is 0 Å². The summed E-state index contributed by atoms with van der Waals surface area (Å²) in [5, 5.41) is 0.508. The number of anilines is 2. The van der Waals surface area contributed by atoms with Crippen molar-refractivity contribution >= 4 is 40.4 Å². The van der Waals surface area contributed by atoms with E-state index < -0.39 is 0 Å². The van der Waals surface area contributed by atoms with Crippen LogP contribution < -0.4 is 14.5 Å². The number of methoxy groups -OCH3 is 1. The number of amides is 2. The van der Waals surface area contributed by atoms with Gasteiger partial charge in [-0.3, -0.25) is 9.59 Å². The van der Waals surface area contributed by atoms with Gasteiger partial charge in [0.1, 0.15) is 11.4 Å². The number of rotatable bonds is 4. The topological polar surface area (TPSA) is 49.9 Å². The molecule has 2 aliphatic rings. The quantitative estimate of drug-likeness (QED) is 0.531. The Morgan fingerprint density at radius 2 is 1.69 bits per heavy atom. The fourth-order valence-electron chi connectivity index (χ4n) is 4.31. The zero-order valence-corrected chi connectivity index (χ0v) is 18.5. The van der Waals surface area contributed by atoms with E-state index in [0.717, 1.165) is 23.2 Å². The molecule has 0 aliphatic carbocycles. The SMILES string of the molecule is COc1ccc(C2=C(N3CCc4ccccc43)C(=O)N(c3ccc(C)c(Cl)c3)C2=O)cc1. The van der Waals surface area contributed by atoms with Crippen molar-refractivity contribution in [3.05, 3.63) is 94.1 Å². The Morgan fingerprint density at radius 3 is 2.41 bits per heavy atom. The largest absolute Gasteiger partial charge is 0.497 e. The Labute approximate surface area is 191 Å². The molecular weight excluding hydrogens is 424 g/mol. The predicted molar refractivity (Wildman–Crippen MR) is 126 cm³/mol. The van der Waals surface area contributed by atoms with Crippen LogP contribution >= 0.6 is 11.6 Å². The van der Waals surface area contributed by atoms with Gasteiger partial charge in [0.25, 0.3) is 11.8 Å². The molecule has 3 aromatic carbocycles. The maximum Gasteiger partial charge on any atom is 0.282 e. The lowest BCUT2D eigenvalue weighted by Gasteiger charge is -2.22. The molecule has 0 radical (unpaired) electrons. The smallest absolute Gasteiger partial charge is 0.282 e. The second-order valence-corrected chi connectivity index (χ2v) is 8.27. The summed E-state index contributed by atoms with van der Waals surface area (Å²) in [5.41, 5.74) is 4.90. The molecule has 0 aromatic heterocycles. The maximum absolute atomic E-state index is 13.8. The average molecular weight is 445 g/mol. The molecule has 0 saturated heterocycles. The third-order valence-corrected chi connectivity index (χ3v) is 6.42. The lowest BCUT2D eigenvalue weighted by atomic mass is 10.0. The van der Waals surface area contributed by atoms with Gasteiger partial charge in [-0.15, -0.1) is 0 Å². The van der Waals surface area contributed by atoms with Crippen LogP contribution in [0.15, 0.2) is 72.4 Å². The van der Waals surface area contributed by atoms with E-state index in [1.54, 1.807) is 31.4 Å². The summed E-state index contributed by atoms with van der Waals surface area (Å²) in [6, 6.07) is 20.4. The third-order valence-electron chi connectivity index (χ3n) is 6.01. The highest BCUT2D eigenvalue weighted by Gasteiger charge is 2.44. The van der Waals surface area contributed by atoms with Gasteiger partial charge in [0.2, 0.25) is 0 Å². The molecule has 2 aliphatic heterocycles. The van der Waals surface area contributed by atoms with Crippen molar-refractivity contribution in [1.82, 2.24) is 0 Å². The van der Waals surface area contributed by atoms with Crippen molar-refractivity contribution < 1.29 is 14.3 Å². The van der Waals surface area contributed by atoms with E-state index in [9.17, 15) is 9.59 Å². The molecular formula is C26H21ClN2O3. The third kappa shape index (κ3) is 3.17. The van der Waals surface area contributed by atoms with Crippen LogP contribution in [0.5, 0.6) is 5.75 Å². The fourth-order valence-corrected chi connectivity index (χ4v) is 4.49. The highest BCUT2D eigenvalue weighted by molar-refractivity contribution is 6.46. The highest BCUT2D eigenvalue weighted by Crippen LogP contribution is 2.40. The molecule has 2 amide bonds. The summed E-state index contributed by atoms with van der Waals surface area (Å²) in [5.74, 6) is -0.0294. The van der Waals surface area contributed by atoms with Crippen molar-refractivity contribution in [2.75, 3.05) is 23.5 Å². The molecule has 0 fully saturated rings. The normalized spacial score (nSPS) is 15.6. The zero-order chi connectivity index (χ0) is 22.4. The predicted octanol–water partition coefficient (Wildman–Crippen LogP) is 5.00. The van der Waals surface area contributed by atoms with Crippen LogP contribution in [0.3, 0.4) is 0 Å². The van der Waals surface area contributed by atoms with E-state index >= 15 is 0 Å². The molecule has 3 aromatic rings. The van der Waals surface area contributed by atoms with Gasteiger partial charge < -0.3 is 9.64 Å². The summed E-state index contributed by atoms with van der Waals surface area (Å²) < 4.78 is 5.26. The van der Waals surface area contributed by atoms with Crippen LogP contribution in [0.25, 0.3) is 5.57 Å². The van der Waals surface area contributed by atoms with Gasteiger partial charge in [0, 0.05) is 17.3 Å². The van der Waals surface area contributed by atoms with Crippen LogP contribution in [0.2, 0.25) is 5.02 Å². The van der Waals surface area contributed by atoms with Crippen molar-refractivity contribution in [3.8, 4) is 5.75 Å². The van der Waals surface area contributed by atoms with Crippen LogP contribution in [-0.4, -0.2) is 25.5 Å². The van der Waals surface area contributed by atoms with Gasteiger partial charge in [-0.2, -0.15) is 0 Å². The number of benzene rings is 3. The highest BCUT2D eigenvalue weighted by atomic mass is 35.5. The van der Waals surface area contributed by atoms with Crippen LogP contribution in [0.1, 0.15) is 16.7 Å². The monoisotopic (exact) mass is 444 g/mol. The van der Waals surface area contributed by atoms with E-state index in [1.807, 2.05) is 48.2 Å². The molecule has 0 bridgehead atoms. The number of ether oxygens (including phenoxy) is 1. The number of nitrogens with zero attached hydrogens (tertiary/aromatic N) is 2. The summed E-state index contributed by atoms with van der Waals surface area (Å²) in [6.07, 6.45) is 0.813. The van der Waals surface area contributed by atoms with Crippen molar-refractivity contribution in [3.63, 3.8) is 0 Å². The van der Waals surface area contributed by atoms with Gasteiger partial charge in [0.15, 0.2) is 0 Å². The first kappa shape index (κ1) is 20.3. The Balaban J connectivity index is 1.67. The van der Waals surface area contributed by atoms with Crippen molar-refractivity contribution in [2.45, 2.75) is 13.3 Å². The summed E-state index contributed by atoms with van der Waals surface area (Å²) in [6.45, 7) is 2.52. The van der Waals surface area contributed by atoms with Gasteiger partial charge in [-0.1, -0.05) is 48.0 Å². The van der Waals surface area contributed by atoms with E-state index in [-0.39, 0.29) is 11.8 Å². The molecule has 0 saturated carbocycles. The van der Waals surface area contributed by atoms with Gasteiger partial charge in [-0.25, -0.2) is 4.90 Å². The number of aryl methyl sites for hydroxylation is 1. The molecule has 2 heterocycles. The number of imide groups is 1. The number of hydrogen-bond donors (Lipinski definition) is 0. The minimum Gasteiger partial charge on any atom is -0.497 e. The Bertz CT molecular complexity index is 1280. The number of halogens is 1. The summed E-state index contributed by atoms with van der Waals surface area (Å²) >= 11 is 6.32. The summed E-state index contributed by atoms with van der Waals surface area (Å²) in [7, 11) is 1.59. The minimum absolute atomic E-state index is 0.350. The van der Waals surface area contributed by atoms with Crippen molar-refractivity contribution in [2.24, 2.45) is 0 Å². The number of para-hydroxylation sites is 1. The first-order valence-corrected chi connectivity index (χ1v) is 10.8. The maximum atomic E-state index is 13.8. The van der Waals surface area contributed by atoms with Gasteiger partial charge >= 0.3 is 0 Å². The molecule has 0 atom stereocenters. The molecule has 160 valence electrons. The van der Waals surface area contributed by atoms with Crippen LogP contribution in [0, 0.1) is 6.92 Å². The molecule has 0 spiro atoms.